The first kappa shape index (κ1) is 23.4. The average Bonchev–Trinajstić information content (AvgIpc) is 3.27. The van der Waals surface area contributed by atoms with Gasteiger partial charge in [0, 0.05) is 6.07 Å². The third-order valence-electron chi connectivity index (χ3n) is 4.77. The van der Waals surface area contributed by atoms with E-state index in [2.05, 4.69) is 27.0 Å². The van der Waals surface area contributed by atoms with E-state index >= 15 is 0 Å². The maximum absolute atomic E-state index is 11.4. The van der Waals surface area contributed by atoms with Crippen LogP contribution in [0.15, 0.2) is 63.5 Å². The molecular weight excluding hydrogens is 524 g/mol. The molecule has 0 aliphatic carbocycles. The summed E-state index contributed by atoms with van der Waals surface area (Å²) in [5.41, 5.74) is 0.804. The topological polar surface area (TPSA) is 155 Å². The van der Waals surface area contributed by atoms with Crippen LogP contribution in [0.25, 0.3) is 22.7 Å². The van der Waals surface area contributed by atoms with E-state index in [1.807, 2.05) is 0 Å². The van der Waals surface area contributed by atoms with Crippen molar-refractivity contribution in [2.75, 3.05) is 7.11 Å². The van der Waals surface area contributed by atoms with Crippen LogP contribution in [0, 0.1) is 31.6 Å². The maximum Gasteiger partial charge on any atom is 0.318 e. The minimum Gasteiger partial charge on any atom is -0.493 e. The molecule has 0 unspecified atom stereocenters. The molecule has 0 fully saturated rings. The predicted molar refractivity (Wildman–Crippen MR) is 128 cm³/mol. The average molecular weight is 537 g/mol. The minimum atomic E-state index is -0.778. The Labute approximate surface area is 205 Å². The summed E-state index contributed by atoms with van der Waals surface area (Å²) in [5.74, 6) is 0.216. The molecule has 0 radical (unpaired) electrons. The van der Waals surface area contributed by atoms with Gasteiger partial charge in [-0.05, 0) is 57.9 Å². The highest BCUT2D eigenvalue weighted by molar-refractivity contribution is 9.10. The van der Waals surface area contributed by atoms with Crippen LogP contribution in [0.2, 0.25) is 0 Å². The van der Waals surface area contributed by atoms with Gasteiger partial charge < -0.3 is 13.9 Å². The molecule has 4 rings (SSSR count). The fourth-order valence-corrected chi connectivity index (χ4v) is 3.72. The van der Waals surface area contributed by atoms with E-state index in [1.54, 1.807) is 36.4 Å². The number of nitrogens with zero attached hydrogens (tertiary/aromatic N) is 4. The van der Waals surface area contributed by atoms with Crippen molar-refractivity contribution in [1.82, 2.24) is 4.98 Å². The van der Waals surface area contributed by atoms with Gasteiger partial charge in [0.1, 0.15) is 17.2 Å². The van der Waals surface area contributed by atoms with E-state index in [-0.39, 0.29) is 28.7 Å². The van der Waals surface area contributed by atoms with Crippen LogP contribution in [0.3, 0.4) is 0 Å². The second-order valence-electron chi connectivity index (χ2n) is 6.96. The second-order valence-corrected chi connectivity index (χ2v) is 7.81. The molecule has 4 aromatic rings. The smallest absolute Gasteiger partial charge is 0.318 e. The van der Waals surface area contributed by atoms with Gasteiger partial charge >= 0.3 is 5.69 Å². The number of nitro groups is 2. The molecule has 1 heterocycles. The predicted octanol–water partition coefficient (Wildman–Crippen LogP) is 6.27. The number of hydrogen-bond donors (Lipinski definition) is 0. The van der Waals surface area contributed by atoms with Crippen LogP contribution in [-0.2, 0) is 0 Å². The zero-order chi connectivity index (χ0) is 25.1. The van der Waals surface area contributed by atoms with Crippen LogP contribution in [-0.4, -0.2) is 21.9 Å². The molecule has 3 aromatic carbocycles. The summed E-state index contributed by atoms with van der Waals surface area (Å²) >= 11 is 3.36. The van der Waals surface area contributed by atoms with E-state index < -0.39 is 21.2 Å². The molecule has 0 bridgehead atoms. The van der Waals surface area contributed by atoms with E-state index in [0.29, 0.717) is 21.1 Å². The summed E-state index contributed by atoms with van der Waals surface area (Å²) in [5, 5.41) is 32.1. The fraction of sp³-hybridized carbons (Fsp3) is 0.0435. The lowest BCUT2D eigenvalue weighted by Gasteiger charge is -2.13. The highest BCUT2D eigenvalue weighted by Crippen LogP contribution is 2.43. The lowest BCUT2D eigenvalue weighted by molar-refractivity contribution is -0.394. The Morgan fingerprint density at radius 1 is 1.11 bits per heavy atom. The monoisotopic (exact) mass is 536 g/mol. The number of ether oxygens (including phenoxy) is 2. The number of aromatic nitrogens is 1. The molecule has 35 heavy (non-hydrogen) atoms. The number of non-ortho nitro benzene ring substituents is 1. The molecule has 0 aliphatic rings. The first-order valence-corrected chi connectivity index (χ1v) is 10.6. The van der Waals surface area contributed by atoms with Crippen molar-refractivity contribution in [1.29, 1.82) is 5.26 Å². The van der Waals surface area contributed by atoms with Crippen molar-refractivity contribution in [3.8, 4) is 23.3 Å². The Morgan fingerprint density at radius 2 is 1.89 bits per heavy atom. The van der Waals surface area contributed by atoms with Gasteiger partial charge in [-0.25, -0.2) is 4.98 Å². The van der Waals surface area contributed by atoms with Crippen molar-refractivity contribution in [3.05, 3.63) is 90.8 Å². The number of hydrogen-bond acceptors (Lipinski definition) is 9. The highest BCUT2D eigenvalue weighted by Gasteiger charge is 2.23. The molecule has 1 aromatic heterocycles. The summed E-state index contributed by atoms with van der Waals surface area (Å²) in [4.78, 5) is 25.2. The Hall–Kier alpha value is -4.76. The Bertz CT molecular complexity index is 1520. The van der Waals surface area contributed by atoms with Gasteiger partial charge in [0.2, 0.25) is 11.6 Å². The zero-order valence-electron chi connectivity index (χ0n) is 17.8. The zero-order valence-corrected chi connectivity index (χ0v) is 19.4. The third kappa shape index (κ3) is 4.80. The highest BCUT2D eigenvalue weighted by atomic mass is 79.9. The van der Waals surface area contributed by atoms with Crippen LogP contribution < -0.4 is 9.47 Å². The van der Waals surface area contributed by atoms with Gasteiger partial charge in [-0.15, -0.1) is 0 Å². The van der Waals surface area contributed by atoms with E-state index in [9.17, 15) is 25.5 Å². The van der Waals surface area contributed by atoms with Crippen LogP contribution in [0.4, 0.5) is 11.4 Å². The molecular formula is C23H13BrN4O7. The van der Waals surface area contributed by atoms with Crippen LogP contribution in [0.1, 0.15) is 11.5 Å². The first-order valence-electron chi connectivity index (χ1n) is 9.76. The standard InChI is InChI=1S/C23H13BrN4O7/c1-33-21-10-13(8-14(12-25)23-26-17-4-2-3-5-19(17)35-23)9-16(24)22(21)34-20-7-6-15(27(29)30)11-18(20)28(31)32/h2-11H,1H3/b14-8+. The van der Waals surface area contributed by atoms with Gasteiger partial charge in [0.15, 0.2) is 17.1 Å². The number of rotatable bonds is 7. The van der Waals surface area contributed by atoms with Crippen molar-refractivity contribution in [3.63, 3.8) is 0 Å². The van der Waals surface area contributed by atoms with E-state index in [4.69, 9.17) is 13.9 Å². The largest absolute Gasteiger partial charge is 0.493 e. The number of nitro benzene ring substituents is 2. The van der Waals surface area contributed by atoms with Crippen molar-refractivity contribution in [2.24, 2.45) is 0 Å². The van der Waals surface area contributed by atoms with Crippen LogP contribution >= 0.6 is 15.9 Å². The number of halogens is 1. The van der Waals surface area contributed by atoms with E-state index in [0.717, 1.165) is 18.2 Å². The molecule has 174 valence electrons. The molecule has 0 aliphatic heterocycles. The summed E-state index contributed by atoms with van der Waals surface area (Å²) in [6.07, 6.45) is 1.54. The SMILES string of the molecule is COc1cc(/C=C(\C#N)c2nc3ccccc3o2)cc(Br)c1Oc1ccc([N+](=O)[O-])cc1[N+](=O)[O-]. The molecule has 12 heteroatoms. The van der Waals surface area contributed by atoms with Crippen LogP contribution in [0.5, 0.6) is 17.2 Å². The Kier molecular flexibility index (Phi) is 6.43. The Balaban J connectivity index is 1.73. The fourth-order valence-electron chi connectivity index (χ4n) is 3.18. The van der Waals surface area contributed by atoms with Crippen molar-refractivity contribution in [2.45, 2.75) is 0 Å². The minimum absolute atomic E-state index is 0.0990. The van der Waals surface area contributed by atoms with Gasteiger partial charge in [0.05, 0.1) is 27.5 Å². The summed E-state index contributed by atoms with van der Waals surface area (Å²) in [6, 6.07) is 15.4. The number of nitriles is 1. The number of allylic oxidation sites excluding steroid dienone is 1. The van der Waals surface area contributed by atoms with Gasteiger partial charge in [0.25, 0.3) is 5.69 Å². The normalized spacial score (nSPS) is 11.2. The second kappa shape index (κ2) is 9.62. The lowest BCUT2D eigenvalue weighted by atomic mass is 10.1. The number of para-hydroxylation sites is 2. The summed E-state index contributed by atoms with van der Waals surface area (Å²) in [7, 11) is 1.37. The van der Waals surface area contributed by atoms with Crippen molar-refractivity contribution >= 4 is 50.1 Å². The maximum atomic E-state index is 11.4. The first-order chi connectivity index (χ1) is 16.8. The number of fused-ring (bicyclic) bond motifs is 1. The summed E-state index contributed by atoms with van der Waals surface area (Å²) < 4.78 is 17.1. The molecule has 0 saturated heterocycles. The molecule has 0 N–H and O–H groups in total. The number of benzene rings is 3. The Morgan fingerprint density at radius 3 is 2.54 bits per heavy atom. The van der Waals surface area contributed by atoms with Gasteiger partial charge in [-0.2, -0.15) is 5.26 Å². The molecule has 0 amide bonds. The quantitative estimate of drug-likeness (QED) is 0.151. The molecule has 0 saturated carbocycles. The molecule has 11 nitrogen and oxygen atoms in total. The third-order valence-corrected chi connectivity index (χ3v) is 5.36. The number of methoxy groups -OCH3 is 1. The molecule has 0 spiro atoms. The van der Waals surface area contributed by atoms with Gasteiger partial charge in [-0.1, -0.05) is 12.1 Å². The van der Waals surface area contributed by atoms with E-state index in [1.165, 1.54) is 13.2 Å². The van der Waals surface area contributed by atoms with Gasteiger partial charge in [-0.3, -0.25) is 20.2 Å². The lowest BCUT2D eigenvalue weighted by Crippen LogP contribution is -1.98. The molecule has 0 atom stereocenters. The van der Waals surface area contributed by atoms with Crippen molar-refractivity contribution < 1.29 is 23.7 Å². The summed E-state index contributed by atoms with van der Waals surface area (Å²) in [6.45, 7) is 0. The number of oxazole rings is 1.